The number of pyridine rings is 1. The molecule has 0 saturated carbocycles. The first-order valence-corrected chi connectivity index (χ1v) is 10.2. The van der Waals surface area contributed by atoms with Crippen molar-refractivity contribution in [1.29, 1.82) is 0 Å². The number of carboxylic acids is 1. The zero-order chi connectivity index (χ0) is 22.1. The molecule has 1 unspecified atom stereocenters. The van der Waals surface area contributed by atoms with Gasteiger partial charge in [-0.1, -0.05) is 40.5 Å². The highest BCUT2D eigenvalue weighted by Crippen LogP contribution is 2.39. The molecule has 0 spiro atoms. The summed E-state index contributed by atoms with van der Waals surface area (Å²) in [4.78, 5) is 16.9. The quantitative estimate of drug-likeness (QED) is 0.374. The van der Waals surface area contributed by atoms with Gasteiger partial charge in [0.2, 0.25) is 0 Å². The van der Waals surface area contributed by atoms with Gasteiger partial charge in [0, 0.05) is 32.8 Å². The third kappa shape index (κ3) is 4.42. The molecule has 0 aliphatic carbocycles. The molecular formula is C23H18Cl2N2O4. The molecular weight excluding hydrogens is 439 g/mol. The first-order valence-electron chi connectivity index (χ1n) is 9.46. The summed E-state index contributed by atoms with van der Waals surface area (Å²) in [6.45, 7) is 3.49. The Balaban J connectivity index is 1.91. The minimum absolute atomic E-state index is 0.0264. The fourth-order valence-corrected chi connectivity index (χ4v) is 3.85. The summed E-state index contributed by atoms with van der Waals surface area (Å²) in [5, 5.41) is 15.7. The third-order valence-corrected chi connectivity index (χ3v) is 5.36. The number of aryl methyl sites for hydroxylation is 2. The van der Waals surface area contributed by atoms with E-state index in [0.29, 0.717) is 43.8 Å². The van der Waals surface area contributed by atoms with Crippen LogP contribution in [0.25, 0.3) is 22.0 Å². The van der Waals surface area contributed by atoms with Gasteiger partial charge in [0.25, 0.3) is 0 Å². The number of carboxylic acid groups (broad SMARTS) is 1. The first-order chi connectivity index (χ1) is 14.8. The Labute approximate surface area is 188 Å². The van der Waals surface area contributed by atoms with E-state index in [0.717, 1.165) is 10.9 Å². The number of carbonyl (C=O) groups is 1. The van der Waals surface area contributed by atoms with E-state index in [1.54, 1.807) is 44.2 Å². The molecule has 31 heavy (non-hydrogen) atoms. The Bertz CT molecular complexity index is 1270. The van der Waals surface area contributed by atoms with Crippen LogP contribution >= 0.6 is 23.2 Å². The third-order valence-electron chi connectivity index (χ3n) is 4.87. The van der Waals surface area contributed by atoms with Crippen molar-refractivity contribution in [3.63, 3.8) is 0 Å². The molecule has 6 nitrogen and oxygen atoms in total. The van der Waals surface area contributed by atoms with Crippen LogP contribution in [0.1, 0.15) is 28.8 Å². The van der Waals surface area contributed by atoms with Crippen LogP contribution in [-0.4, -0.2) is 21.2 Å². The molecule has 158 valence electrons. The maximum absolute atomic E-state index is 12.3. The molecule has 1 N–H and O–H groups in total. The van der Waals surface area contributed by atoms with Gasteiger partial charge in [-0.2, -0.15) is 0 Å². The number of rotatable bonds is 6. The normalized spacial score (nSPS) is 12.3. The summed E-state index contributed by atoms with van der Waals surface area (Å²) in [5.41, 5.74) is 3.67. The Morgan fingerprint density at radius 1 is 1.10 bits per heavy atom. The van der Waals surface area contributed by atoms with E-state index in [2.05, 4.69) is 10.1 Å². The monoisotopic (exact) mass is 456 g/mol. The molecule has 0 aliphatic heterocycles. The molecule has 0 aliphatic rings. The summed E-state index contributed by atoms with van der Waals surface area (Å²) < 4.78 is 10.9. The van der Waals surface area contributed by atoms with Crippen LogP contribution in [0.5, 0.6) is 0 Å². The zero-order valence-corrected chi connectivity index (χ0v) is 18.2. The molecule has 2 aromatic carbocycles. The SMILES string of the molecule is Cc1cc(COC(C(=O)O)c2c(C)nc3ccc(Cl)cc3c2-c2ccc(Cl)cc2)no1. The number of ether oxygens (including phenoxy) is 1. The molecule has 1 atom stereocenters. The lowest BCUT2D eigenvalue weighted by Crippen LogP contribution is -2.18. The van der Waals surface area contributed by atoms with Crippen molar-refractivity contribution in [2.75, 3.05) is 0 Å². The number of benzene rings is 2. The average Bonchev–Trinajstić information content (AvgIpc) is 3.14. The fourth-order valence-electron chi connectivity index (χ4n) is 3.55. The van der Waals surface area contributed by atoms with Gasteiger partial charge in [-0.05, 0) is 55.3 Å². The second-order valence-corrected chi connectivity index (χ2v) is 7.99. The molecule has 4 aromatic rings. The molecule has 0 saturated heterocycles. The summed E-state index contributed by atoms with van der Waals surface area (Å²) in [5.74, 6) is -0.521. The lowest BCUT2D eigenvalue weighted by molar-refractivity contribution is -0.152. The molecule has 0 amide bonds. The van der Waals surface area contributed by atoms with E-state index in [1.807, 2.05) is 18.2 Å². The van der Waals surface area contributed by atoms with Crippen molar-refractivity contribution < 1.29 is 19.2 Å². The Morgan fingerprint density at radius 2 is 1.81 bits per heavy atom. The Hall–Kier alpha value is -2.93. The molecule has 0 radical (unpaired) electrons. The minimum atomic E-state index is -1.28. The highest BCUT2D eigenvalue weighted by Gasteiger charge is 2.29. The lowest BCUT2D eigenvalue weighted by Gasteiger charge is -2.21. The summed E-state index contributed by atoms with van der Waals surface area (Å²) in [7, 11) is 0. The van der Waals surface area contributed by atoms with E-state index in [4.69, 9.17) is 32.5 Å². The van der Waals surface area contributed by atoms with Crippen molar-refractivity contribution in [2.45, 2.75) is 26.6 Å². The number of nitrogens with zero attached hydrogens (tertiary/aromatic N) is 2. The van der Waals surface area contributed by atoms with E-state index < -0.39 is 12.1 Å². The molecule has 2 aromatic heterocycles. The van der Waals surface area contributed by atoms with Crippen LogP contribution in [-0.2, 0) is 16.1 Å². The Morgan fingerprint density at radius 3 is 2.45 bits per heavy atom. The number of hydrogen-bond donors (Lipinski definition) is 1. The lowest BCUT2D eigenvalue weighted by atomic mass is 9.91. The minimum Gasteiger partial charge on any atom is -0.479 e. The maximum Gasteiger partial charge on any atom is 0.337 e. The number of fused-ring (bicyclic) bond motifs is 1. The average molecular weight is 457 g/mol. The number of halogens is 2. The zero-order valence-electron chi connectivity index (χ0n) is 16.7. The van der Waals surface area contributed by atoms with Crippen LogP contribution in [0.3, 0.4) is 0 Å². The van der Waals surface area contributed by atoms with Crippen LogP contribution in [0.4, 0.5) is 0 Å². The van der Waals surface area contributed by atoms with Gasteiger partial charge in [0.1, 0.15) is 11.5 Å². The second kappa shape index (κ2) is 8.67. The first kappa shape index (κ1) is 21.3. The van der Waals surface area contributed by atoms with Crippen molar-refractivity contribution >= 4 is 40.1 Å². The van der Waals surface area contributed by atoms with Gasteiger partial charge in [-0.3, -0.25) is 4.98 Å². The molecule has 0 fully saturated rings. The topological polar surface area (TPSA) is 85.5 Å². The number of hydrogen-bond acceptors (Lipinski definition) is 5. The van der Waals surface area contributed by atoms with Gasteiger partial charge < -0.3 is 14.4 Å². The number of aliphatic carboxylic acids is 1. The van der Waals surface area contributed by atoms with E-state index in [-0.39, 0.29) is 6.61 Å². The van der Waals surface area contributed by atoms with Gasteiger partial charge in [0.15, 0.2) is 6.10 Å². The standard InChI is InChI=1S/C23H18Cl2N2O4/c1-12-9-17(27-31-12)11-30-22(23(28)29)20-13(2)26-19-8-7-16(25)10-18(19)21(20)14-3-5-15(24)6-4-14/h3-10,22H,11H2,1-2H3,(H,28,29). The second-order valence-electron chi connectivity index (χ2n) is 7.11. The molecule has 8 heteroatoms. The predicted molar refractivity (Wildman–Crippen MR) is 118 cm³/mol. The van der Waals surface area contributed by atoms with Crippen molar-refractivity contribution in [3.05, 3.63) is 81.3 Å². The smallest absolute Gasteiger partial charge is 0.337 e. The largest absolute Gasteiger partial charge is 0.479 e. The van der Waals surface area contributed by atoms with Gasteiger partial charge in [-0.25, -0.2) is 4.79 Å². The molecule has 0 bridgehead atoms. The predicted octanol–water partition coefficient (Wildman–Crippen LogP) is 6.16. The van der Waals surface area contributed by atoms with Crippen molar-refractivity contribution in [1.82, 2.24) is 10.1 Å². The summed E-state index contributed by atoms with van der Waals surface area (Å²) in [6.07, 6.45) is -1.28. The van der Waals surface area contributed by atoms with Crippen LogP contribution < -0.4 is 0 Å². The highest BCUT2D eigenvalue weighted by molar-refractivity contribution is 6.31. The Kier molecular flexibility index (Phi) is 5.96. The van der Waals surface area contributed by atoms with Gasteiger partial charge >= 0.3 is 5.97 Å². The van der Waals surface area contributed by atoms with Crippen molar-refractivity contribution in [3.8, 4) is 11.1 Å². The van der Waals surface area contributed by atoms with Crippen LogP contribution in [0, 0.1) is 13.8 Å². The van der Waals surface area contributed by atoms with E-state index in [1.165, 1.54) is 0 Å². The summed E-state index contributed by atoms with van der Waals surface area (Å²) >= 11 is 12.3. The number of aromatic nitrogens is 2. The fraction of sp³-hybridized carbons (Fsp3) is 0.174. The van der Waals surface area contributed by atoms with Crippen molar-refractivity contribution in [2.24, 2.45) is 0 Å². The maximum atomic E-state index is 12.3. The highest BCUT2D eigenvalue weighted by atomic mass is 35.5. The van der Waals surface area contributed by atoms with E-state index >= 15 is 0 Å². The summed E-state index contributed by atoms with van der Waals surface area (Å²) in [6, 6.07) is 14.2. The molecule has 2 heterocycles. The van der Waals surface area contributed by atoms with E-state index in [9.17, 15) is 9.90 Å². The van der Waals surface area contributed by atoms with Gasteiger partial charge in [-0.15, -0.1) is 0 Å². The van der Waals surface area contributed by atoms with Crippen LogP contribution in [0.15, 0.2) is 53.1 Å². The molecule has 4 rings (SSSR count). The van der Waals surface area contributed by atoms with Crippen LogP contribution in [0.2, 0.25) is 10.0 Å². The van der Waals surface area contributed by atoms with Gasteiger partial charge in [0.05, 0.1) is 12.1 Å².